The lowest BCUT2D eigenvalue weighted by molar-refractivity contribution is -0.135. The van der Waals surface area contributed by atoms with Gasteiger partial charge in [-0.25, -0.2) is 0 Å². The van der Waals surface area contributed by atoms with Gasteiger partial charge < -0.3 is 9.64 Å². The number of fused-ring (bicyclic) bond motifs is 2. The topological polar surface area (TPSA) is 29.5 Å². The molecule has 0 saturated heterocycles. The number of hydrogen-bond donors (Lipinski definition) is 0. The predicted molar refractivity (Wildman–Crippen MR) is 120 cm³/mol. The summed E-state index contributed by atoms with van der Waals surface area (Å²) in [5, 5.41) is 0. The van der Waals surface area contributed by atoms with Gasteiger partial charge in [0.1, 0.15) is 5.75 Å². The molecular weight excluding hydrogens is 370 g/mol. The number of nitrogens with zero attached hydrogens (tertiary/aromatic N) is 1. The van der Waals surface area contributed by atoms with Crippen LogP contribution < -0.4 is 4.74 Å². The normalized spacial score (nSPS) is 25.7. The zero-order chi connectivity index (χ0) is 20.7. The van der Waals surface area contributed by atoms with Gasteiger partial charge in [-0.2, -0.15) is 0 Å². The first-order valence-corrected chi connectivity index (χ1v) is 11.1. The number of allylic oxidation sites excluding steroid dienone is 2. The summed E-state index contributed by atoms with van der Waals surface area (Å²) in [7, 11) is 1.68. The van der Waals surface area contributed by atoms with Gasteiger partial charge in [-0.15, -0.1) is 0 Å². The van der Waals surface area contributed by atoms with Gasteiger partial charge in [0.15, 0.2) is 0 Å². The van der Waals surface area contributed by atoms with Crippen molar-refractivity contribution in [2.75, 3.05) is 7.11 Å². The Hall–Kier alpha value is -2.81. The van der Waals surface area contributed by atoms with E-state index < -0.39 is 5.41 Å². The summed E-state index contributed by atoms with van der Waals surface area (Å²) in [4.78, 5) is 15.9. The summed E-state index contributed by atoms with van der Waals surface area (Å²) < 4.78 is 5.36. The van der Waals surface area contributed by atoms with Crippen LogP contribution in [0.2, 0.25) is 0 Å². The average molecular weight is 400 g/mol. The molecule has 2 aliphatic carbocycles. The Kier molecular flexibility index (Phi) is 4.77. The number of carbonyl (C=O) groups is 1. The molecule has 1 amide bonds. The highest BCUT2D eigenvalue weighted by atomic mass is 16.5. The van der Waals surface area contributed by atoms with Gasteiger partial charge in [0.2, 0.25) is 5.91 Å². The molecule has 0 unspecified atom stereocenters. The van der Waals surface area contributed by atoms with Crippen LogP contribution in [-0.2, 0) is 11.3 Å². The van der Waals surface area contributed by atoms with Gasteiger partial charge in [-0.05, 0) is 79.5 Å². The van der Waals surface area contributed by atoms with Crippen LogP contribution in [-0.4, -0.2) is 17.9 Å². The summed E-state index contributed by atoms with van der Waals surface area (Å²) in [6.07, 6.45) is 8.27. The molecule has 5 rings (SSSR count). The SMILES string of the molecule is COc1ccc(C2=C3C=C4CCCC[C@@H]4C[C@@]3(C)C(=O)N2Cc2ccccc2)cc1. The monoisotopic (exact) mass is 399 g/mol. The molecule has 1 heterocycles. The van der Waals surface area contributed by atoms with Gasteiger partial charge in [0.25, 0.3) is 0 Å². The van der Waals surface area contributed by atoms with Gasteiger partial charge in [0.05, 0.1) is 24.8 Å². The molecule has 0 radical (unpaired) electrons. The minimum absolute atomic E-state index is 0.244. The molecule has 0 spiro atoms. The van der Waals surface area contributed by atoms with E-state index in [0.29, 0.717) is 12.5 Å². The Balaban J connectivity index is 1.65. The third-order valence-electron chi connectivity index (χ3n) is 7.16. The highest BCUT2D eigenvalue weighted by molar-refractivity contribution is 6.02. The van der Waals surface area contributed by atoms with E-state index in [1.807, 2.05) is 35.2 Å². The number of benzene rings is 2. The number of methoxy groups -OCH3 is 1. The van der Waals surface area contributed by atoms with Crippen LogP contribution in [0, 0.1) is 11.3 Å². The molecule has 1 fully saturated rings. The predicted octanol–water partition coefficient (Wildman–Crippen LogP) is 5.98. The summed E-state index contributed by atoms with van der Waals surface area (Å²) in [6.45, 7) is 2.77. The molecule has 2 aromatic carbocycles. The molecule has 3 heteroatoms. The lowest BCUT2D eigenvalue weighted by Crippen LogP contribution is -2.38. The van der Waals surface area contributed by atoms with Crippen molar-refractivity contribution < 1.29 is 9.53 Å². The number of ether oxygens (including phenoxy) is 1. The second-order valence-electron chi connectivity index (χ2n) is 9.07. The summed E-state index contributed by atoms with van der Waals surface area (Å²) >= 11 is 0. The van der Waals surface area contributed by atoms with Crippen LogP contribution in [0.3, 0.4) is 0 Å². The molecule has 0 N–H and O–H groups in total. The summed E-state index contributed by atoms with van der Waals surface area (Å²) in [5.41, 5.74) is 5.64. The second-order valence-corrected chi connectivity index (χ2v) is 9.07. The highest BCUT2D eigenvalue weighted by Gasteiger charge is 2.52. The van der Waals surface area contributed by atoms with E-state index in [9.17, 15) is 4.79 Å². The molecule has 154 valence electrons. The smallest absolute Gasteiger partial charge is 0.237 e. The minimum Gasteiger partial charge on any atom is -0.497 e. The summed E-state index contributed by atoms with van der Waals surface area (Å²) in [6, 6.07) is 18.5. The fourth-order valence-electron chi connectivity index (χ4n) is 5.53. The quantitative estimate of drug-likeness (QED) is 0.633. The molecule has 2 atom stereocenters. The first-order valence-electron chi connectivity index (χ1n) is 11.1. The van der Waals surface area contributed by atoms with Crippen LogP contribution in [0.1, 0.15) is 50.2 Å². The van der Waals surface area contributed by atoms with E-state index in [-0.39, 0.29) is 5.91 Å². The van der Waals surface area contributed by atoms with Crippen LogP contribution in [0.5, 0.6) is 5.75 Å². The van der Waals surface area contributed by atoms with Crippen molar-refractivity contribution in [1.29, 1.82) is 0 Å². The standard InChI is InChI=1S/C27H29NO2/c1-27-17-22-11-7-6-10-21(22)16-24(27)25(20-12-14-23(30-2)15-13-20)28(26(27)29)18-19-8-4-3-5-9-19/h3-5,8-9,12-16,22H,6-7,10-11,17-18H2,1-2H3/t22-,27-/m1/s1. The van der Waals surface area contributed by atoms with Crippen molar-refractivity contribution in [3.05, 3.63) is 82.9 Å². The Bertz CT molecular complexity index is 1020. The average Bonchev–Trinajstić information content (AvgIpc) is 2.99. The fourth-order valence-corrected chi connectivity index (χ4v) is 5.53. The fraction of sp³-hybridized carbons (Fsp3) is 0.370. The van der Waals surface area contributed by atoms with E-state index in [1.165, 1.54) is 31.3 Å². The number of rotatable bonds is 4. The zero-order valence-electron chi connectivity index (χ0n) is 17.9. The van der Waals surface area contributed by atoms with E-state index >= 15 is 0 Å². The van der Waals surface area contributed by atoms with Crippen molar-refractivity contribution >= 4 is 11.6 Å². The largest absolute Gasteiger partial charge is 0.497 e. The van der Waals surface area contributed by atoms with Gasteiger partial charge in [-0.3, -0.25) is 4.79 Å². The first kappa shape index (κ1) is 19.2. The van der Waals surface area contributed by atoms with Crippen LogP contribution in [0.15, 0.2) is 71.8 Å². The number of carbonyl (C=O) groups excluding carboxylic acids is 1. The molecule has 1 saturated carbocycles. The van der Waals surface area contributed by atoms with Crippen LogP contribution in [0.25, 0.3) is 5.70 Å². The van der Waals surface area contributed by atoms with Crippen molar-refractivity contribution in [2.45, 2.75) is 45.6 Å². The van der Waals surface area contributed by atoms with Crippen LogP contribution >= 0.6 is 0 Å². The Morgan fingerprint density at radius 1 is 1.07 bits per heavy atom. The van der Waals surface area contributed by atoms with Crippen molar-refractivity contribution in [3.8, 4) is 5.75 Å². The molecule has 0 aromatic heterocycles. The first-order chi connectivity index (χ1) is 14.6. The Labute approximate surface area is 179 Å². The molecule has 30 heavy (non-hydrogen) atoms. The van der Waals surface area contributed by atoms with E-state index in [0.717, 1.165) is 29.0 Å². The van der Waals surface area contributed by atoms with E-state index in [4.69, 9.17) is 4.74 Å². The third-order valence-corrected chi connectivity index (χ3v) is 7.16. The minimum atomic E-state index is -0.435. The molecule has 2 aromatic rings. The molecule has 1 aliphatic heterocycles. The molecule has 3 aliphatic rings. The highest BCUT2D eigenvalue weighted by Crippen LogP contribution is 2.55. The maximum Gasteiger partial charge on any atom is 0.237 e. The lowest BCUT2D eigenvalue weighted by atomic mass is 9.65. The molecule has 0 bridgehead atoms. The Morgan fingerprint density at radius 2 is 1.83 bits per heavy atom. The lowest BCUT2D eigenvalue weighted by Gasteiger charge is -2.38. The number of hydrogen-bond acceptors (Lipinski definition) is 2. The maximum absolute atomic E-state index is 13.9. The van der Waals surface area contributed by atoms with Gasteiger partial charge in [-0.1, -0.05) is 48.4 Å². The van der Waals surface area contributed by atoms with E-state index in [2.05, 4.69) is 37.3 Å². The molecule has 3 nitrogen and oxygen atoms in total. The van der Waals surface area contributed by atoms with Crippen molar-refractivity contribution in [1.82, 2.24) is 4.90 Å². The van der Waals surface area contributed by atoms with Gasteiger partial charge in [0, 0.05) is 0 Å². The third kappa shape index (κ3) is 3.08. The van der Waals surface area contributed by atoms with Gasteiger partial charge >= 0.3 is 0 Å². The van der Waals surface area contributed by atoms with Crippen molar-refractivity contribution in [2.24, 2.45) is 11.3 Å². The van der Waals surface area contributed by atoms with Crippen molar-refractivity contribution in [3.63, 3.8) is 0 Å². The zero-order valence-corrected chi connectivity index (χ0v) is 17.9. The Morgan fingerprint density at radius 3 is 2.57 bits per heavy atom. The number of amides is 1. The maximum atomic E-state index is 13.9. The second kappa shape index (κ2) is 7.46. The summed E-state index contributed by atoms with van der Waals surface area (Å²) in [5.74, 6) is 1.64. The van der Waals surface area contributed by atoms with Crippen LogP contribution in [0.4, 0.5) is 0 Å². The van der Waals surface area contributed by atoms with E-state index in [1.54, 1.807) is 12.7 Å². The molecular formula is C27H29NO2.